The van der Waals surface area contributed by atoms with E-state index in [1.165, 1.54) is 0 Å². The van der Waals surface area contributed by atoms with Crippen molar-refractivity contribution in [3.63, 3.8) is 0 Å². The molecule has 2 N–H and O–H groups in total. The molecule has 1 atom stereocenters. The average Bonchev–Trinajstić information content (AvgIpc) is 2.12. The van der Waals surface area contributed by atoms with E-state index in [-0.39, 0.29) is 11.7 Å². The zero-order valence-corrected chi connectivity index (χ0v) is 9.67. The van der Waals surface area contributed by atoms with Crippen molar-refractivity contribution in [2.45, 2.75) is 32.0 Å². The standard InChI is InChI=1S/C10H23NO3/c1-10(2,14-4)7-9(12)8-11-5-6-13-3/h9,11-12H,5-8H2,1-4H3. The number of hydrogen-bond donors (Lipinski definition) is 2. The highest BCUT2D eigenvalue weighted by atomic mass is 16.5. The fraction of sp³-hybridized carbons (Fsp3) is 1.00. The van der Waals surface area contributed by atoms with Crippen molar-refractivity contribution in [2.24, 2.45) is 0 Å². The maximum Gasteiger partial charge on any atom is 0.0691 e. The Kier molecular flexibility index (Phi) is 7.09. The molecule has 0 saturated carbocycles. The van der Waals surface area contributed by atoms with E-state index >= 15 is 0 Å². The summed E-state index contributed by atoms with van der Waals surface area (Å²) in [4.78, 5) is 0. The predicted molar refractivity (Wildman–Crippen MR) is 56.5 cm³/mol. The molecule has 0 aliphatic heterocycles. The van der Waals surface area contributed by atoms with E-state index in [0.29, 0.717) is 19.6 Å². The van der Waals surface area contributed by atoms with Crippen LogP contribution in [-0.2, 0) is 9.47 Å². The molecule has 0 bridgehead atoms. The summed E-state index contributed by atoms with van der Waals surface area (Å²) in [5, 5.41) is 12.7. The molecule has 0 spiro atoms. The van der Waals surface area contributed by atoms with E-state index in [2.05, 4.69) is 5.32 Å². The van der Waals surface area contributed by atoms with Gasteiger partial charge in [-0.2, -0.15) is 0 Å². The van der Waals surface area contributed by atoms with Crippen molar-refractivity contribution >= 4 is 0 Å². The molecule has 0 fully saturated rings. The van der Waals surface area contributed by atoms with Crippen molar-refractivity contribution in [1.29, 1.82) is 0 Å². The van der Waals surface area contributed by atoms with Crippen LogP contribution >= 0.6 is 0 Å². The van der Waals surface area contributed by atoms with Crippen LogP contribution in [0.1, 0.15) is 20.3 Å². The largest absolute Gasteiger partial charge is 0.392 e. The lowest BCUT2D eigenvalue weighted by Crippen LogP contribution is -2.36. The SMILES string of the molecule is COCCNCC(O)CC(C)(C)OC. The Morgan fingerprint density at radius 3 is 2.50 bits per heavy atom. The van der Waals surface area contributed by atoms with Gasteiger partial charge in [-0.15, -0.1) is 0 Å². The normalized spacial score (nSPS) is 14.4. The first kappa shape index (κ1) is 13.8. The van der Waals surface area contributed by atoms with Crippen LogP contribution in [0.15, 0.2) is 0 Å². The Bertz CT molecular complexity index is 139. The van der Waals surface area contributed by atoms with Crippen LogP contribution in [0.5, 0.6) is 0 Å². The molecule has 1 unspecified atom stereocenters. The Balaban J connectivity index is 3.49. The Hall–Kier alpha value is -0.160. The van der Waals surface area contributed by atoms with Crippen LogP contribution in [0, 0.1) is 0 Å². The molecule has 0 rings (SSSR count). The smallest absolute Gasteiger partial charge is 0.0691 e. The highest BCUT2D eigenvalue weighted by Crippen LogP contribution is 2.14. The topological polar surface area (TPSA) is 50.7 Å². The van der Waals surface area contributed by atoms with Gasteiger partial charge in [-0.05, 0) is 13.8 Å². The third-order valence-electron chi connectivity index (χ3n) is 2.14. The van der Waals surface area contributed by atoms with E-state index in [1.807, 2.05) is 13.8 Å². The minimum absolute atomic E-state index is 0.262. The van der Waals surface area contributed by atoms with Crippen molar-refractivity contribution in [3.8, 4) is 0 Å². The lowest BCUT2D eigenvalue weighted by Gasteiger charge is -2.25. The van der Waals surface area contributed by atoms with E-state index in [9.17, 15) is 5.11 Å². The van der Waals surface area contributed by atoms with Crippen LogP contribution in [0.4, 0.5) is 0 Å². The number of rotatable bonds is 8. The first-order valence-corrected chi connectivity index (χ1v) is 4.94. The highest BCUT2D eigenvalue weighted by Gasteiger charge is 2.20. The Morgan fingerprint density at radius 2 is 2.00 bits per heavy atom. The lowest BCUT2D eigenvalue weighted by molar-refractivity contribution is -0.0190. The van der Waals surface area contributed by atoms with Gasteiger partial charge in [0.25, 0.3) is 0 Å². The molecule has 0 amide bonds. The molecule has 0 aliphatic carbocycles. The van der Waals surface area contributed by atoms with Gasteiger partial charge >= 0.3 is 0 Å². The molecule has 4 nitrogen and oxygen atoms in total. The molecule has 0 radical (unpaired) electrons. The second kappa shape index (κ2) is 7.17. The monoisotopic (exact) mass is 205 g/mol. The van der Waals surface area contributed by atoms with Crippen LogP contribution < -0.4 is 5.32 Å². The third kappa shape index (κ3) is 7.26. The second-order valence-corrected chi connectivity index (χ2v) is 4.02. The zero-order valence-electron chi connectivity index (χ0n) is 9.67. The quantitative estimate of drug-likeness (QED) is 0.563. The maximum absolute atomic E-state index is 9.63. The number of hydrogen-bond acceptors (Lipinski definition) is 4. The maximum atomic E-state index is 9.63. The zero-order chi connectivity index (χ0) is 11.0. The van der Waals surface area contributed by atoms with Crippen molar-refractivity contribution < 1.29 is 14.6 Å². The van der Waals surface area contributed by atoms with Gasteiger partial charge < -0.3 is 19.9 Å². The fourth-order valence-corrected chi connectivity index (χ4v) is 1.17. The summed E-state index contributed by atoms with van der Waals surface area (Å²) in [6.45, 7) is 5.94. The van der Waals surface area contributed by atoms with E-state index in [0.717, 1.165) is 6.54 Å². The molecule has 0 aromatic heterocycles. The fourth-order valence-electron chi connectivity index (χ4n) is 1.17. The molecule has 0 aromatic rings. The summed E-state index contributed by atoms with van der Waals surface area (Å²) in [6.07, 6.45) is 0.255. The van der Waals surface area contributed by atoms with Gasteiger partial charge in [0.15, 0.2) is 0 Å². The van der Waals surface area contributed by atoms with Crippen LogP contribution in [-0.4, -0.2) is 50.7 Å². The molecule has 0 aromatic carbocycles. The summed E-state index contributed by atoms with van der Waals surface area (Å²) in [5.41, 5.74) is -0.262. The number of aliphatic hydroxyl groups excluding tert-OH is 1. The number of ether oxygens (including phenoxy) is 2. The van der Waals surface area contributed by atoms with Crippen LogP contribution in [0.25, 0.3) is 0 Å². The first-order valence-electron chi connectivity index (χ1n) is 4.94. The molecule has 86 valence electrons. The van der Waals surface area contributed by atoms with Crippen LogP contribution in [0.3, 0.4) is 0 Å². The summed E-state index contributed by atoms with van der Waals surface area (Å²) in [6, 6.07) is 0. The molecular formula is C10H23NO3. The number of nitrogens with one attached hydrogen (secondary N) is 1. The van der Waals surface area contributed by atoms with E-state index < -0.39 is 0 Å². The minimum atomic E-state index is -0.373. The van der Waals surface area contributed by atoms with Gasteiger partial charge in [0, 0.05) is 33.7 Å². The summed E-state index contributed by atoms with van der Waals surface area (Å²) in [7, 11) is 3.32. The summed E-state index contributed by atoms with van der Waals surface area (Å²) < 4.78 is 10.1. The van der Waals surface area contributed by atoms with Gasteiger partial charge in [-0.1, -0.05) is 0 Å². The Labute approximate surface area is 86.6 Å². The third-order valence-corrected chi connectivity index (χ3v) is 2.14. The highest BCUT2D eigenvalue weighted by molar-refractivity contribution is 4.74. The summed E-state index contributed by atoms with van der Waals surface area (Å²) >= 11 is 0. The first-order chi connectivity index (χ1) is 6.52. The minimum Gasteiger partial charge on any atom is -0.392 e. The molecule has 4 heteroatoms. The van der Waals surface area contributed by atoms with Crippen molar-refractivity contribution in [2.75, 3.05) is 33.9 Å². The van der Waals surface area contributed by atoms with E-state index in [1.54, 1.807) is 14.2 Å². The Morgan fingerprint density at radius 1 is 1.36 bits per heavy atom. The molecule has 0 aliphatic rings. The predicted octanol–water partition coefficient (Wildman–Crippen LogP) is 0.398. The number of aliphatic hydroxyl groups is 1. The van der Waals surface area contributed by atoms with E-state index in [4.69, 9.17) is 9.47 Å². The van der Waals surface area contributed by atoms with Gasteiger partial charge in [-0.25, -0.2) is 0 Å². The second-order valence-electron chi connectivity index (χ2n) is 4.02. The van der Waals surface area contributed by atoms with Gasteiger partial charge in [-0.3, -0.25) is 0 Å². The number of methoxy groups -OCH3 is 2. The lowest BCUT2D eigenvalue weighted by atomic mass is 10.0. The van der Waals surface area contributed by atoms with Gasteiger partial charge in [0.05, 0.1) is 18.3 Å². The van der Waals surface area contributed by atoms with Crippen molar-refractivity contribution in [3.05, 3.63) is 0 Å². The van der Waals surface area contributed by atoms with Crippen molar-refractivity contribution in [1.82, 2.24) is 5.32 Å². The molecule has 0 heterocycles. The van der Waals surface area contributed by atoms with Gasteiger partial charge in [0.2, 0.25) is 0 Å². The molecule has 0 saturated heterocycles. The van der Waals surface area contributed by atoms with Crippen LogP contribution in [0.2, 0.25) is 0 Å². The average molecular weight is 205 g/mol. The summed E-state index contributed by atoms with van der Waals surface area (Å²) in [5.74, 6) is 0. The molecular weight excluding hydrogens is 182 g/mol. The molecule has 14 heavy (non-hydrogen) atoms. The van der Waals surface area contributed by atoms with Gasteiger partial charge in [0.1, 0.15) is 0 Å².